The molecule has 0 spiro atoms. The van der Waals surface area contributed by atoms with Crippen LogP contribution in [0, 0.1) is 6.92 Å². The van der Waals surface area contributed by atoms with Gasteiger partial charge in [0.25, 0.3) is 5.56 Å². The van der Waals surface area contributed by atoms with E-state index in [-0.39, 0.29) is 5.56 Å². The summed E-state index contributed by atoms with van der Waals surface area (Å²) in [6, 6.07) is 7.24. The third-order valence-electron chi connectivity index (χ3n) is 3.49. The highest BCUT2D eigenvalue weighted by atomic mass is 35.5. The molecule has 0 saturated heterocycles. The number of benzene rings is 1. The minimum Gasteiger partial charge on any atom is -0.422 e. The van der Waals surface area contributed by atoms with Crippen molar-refractivity contribution < 1.29 is 4.42 Å². The Bertz CT molecular complexity index is 924. The summed E-state index contributed by atoms with van der Waals surface area (Å²) in [5.74, 6) is 0.308. The fourth-order valence-electron chi connectivity index (χ4n) is 2.50. The van der Waals surface area contributed by atoms with Crippen LogP contribution in [0.15, 0.2) is 38.3 Å². The van der Waals surface area contributed by atoms with E-state index in [1.54, 1.807) is 13.0 Å². The second kappa shape index (κ2) is 4.80. The van der Waals surface area contributed by atoms with Crippen LogP contribution >= 0.6 is 11.6 Å². The molecule has 0 radical (unpaired) electrons. The molecular weight excluding hydrogens is 278 g/mol. The quantitative estimate of drug-likeness (QED) is 0.583. The van der Waals surface area contributed by atoms with Gasteiger partial charge in [0.05, 0.1) is 10.9 Å². The molecule has 3 aromatic rings. The molecule has 1 N–H and O–H groups in total. The Morgan fingerprint density at radius 3 is 2.75 bits per heavy atom. The number of nitrogens with one attached hydrogen (secondary N) is 1. The molecule has 0 bridgehead atoms. The average Bonchev–Trinajstić information content (AvgIpc) is 2.43. The van der Waals surface area contributed by atoms with E-state index in [1.165, 1.54) is 0 Å². The maximum absolute atomic E-state index is 12.2. The number of hydrogen-bond acceptors (Lipinski definition) is 3. The maximum atomic E-state index is 12.2. The Balaban J connectivity index is 2.57. The molecule has 20 heavy (non-hydrogen) atoms. The van der Waals surface area contributed by atoms with Crippen molar-refractivity contribution in [3.05, 3.63) is 56.2 Å². The SMILES string of the molecule is Cc1c(CCCl)c(=O)oc2c1c(=O)[nH]c1ccccc12. The van der Waals surface area contributed by atoms with Crippen molar-refractivity contribution in [1.82, 2.24) is 4.98 Å². The summed E-state index contributed by atoms with van der Waals surface area (Å²) in [5.41, 5.74) is 1.42. The fraction of sp³-hybridized carbons (Fsp3) is 0.200. The highest BCUT2D eigenvalue weighted by Gasteiger charge is 2.15. The van der Waals surface area contributed by atoms with Gasteiger partial charge in [0.2, 0.25) is 0 Å². The molecule has 0 aliphatic rings. The molecule has 0 aliphatic heterocycles. The number of alkyl halides is 1. The highest BCUT2D eigenvalue weighted by Crippen LogP contribution is 2.23. The van der Waals surface area contributed by atoms with Crippen molar-refractivity contribution in [2.24, 2.45) is 0 Å². The average molecular weight is 290 g/mol. The minimum atomic E-state index is -0.425. The number of H-pyrrole nitrogens is 1. The molecule has 1 aromatic carbocycles. The second-order valence-electron chi connectivity index (χ2n) is 4.64. The first kappa shape index (κ1) is 12.9. The fourth-order valence-corrected chi connectivity index (χ4v) is 2.69. The van der Waals surface area contributed by atoms with E-state index in [9.17, 15) is 9.59 Å². The molecule has 0 saturated carbocycles. The van der Waals surface area contributed by atoms with Crippen molar-refractivity contribution in [3.63, 3.8) is 0 Å². The van der Waals surface area contributed by atoms with Crippen molar-refractivity contribution in [3.8, 4) is 0 Å². The first-order chi connectivity index (χ1) is 9.63. The summed E-state index contributed by atoms with van der Waals surface area (Å²) in [7, 11) is 0. The molecule has 0 fully saturated rings. The minimum absolute atomic E-state index is 0.254. The van der Waals surface area contributed by atoms with Gasteiger partial charge in [-0.25, -0.2) is 4.79 Å². The summed E-state index contributed by atoms with van der Waals surface area (Å²) >= 11 is 5.70. The van der Waals surface area contributed by atoms with Gasteiger partial charge < -0.3 is 9.40 Å². The third kappa shape index (κ3) is 1.84. The Morgan fingerprint density at radius 1 is 1.25 bits per heavy atom. The third-order valence-corrected chi connectivity index (χ3v) is 3.68. The zero-order chi connectivity index (χ0) is 14.3. The molecule has 0 atom stereocenters. The molecule has 2 heterocycles. The summed E-state index contributed by atoms with van der Waals surface area (Å²) in [6.07, 6.45) is 0.387. The predicted molar refractivity (Wildman–Crippen MR) is 79.8 cm³/mol. The molecule has 5 heteroatoms. The first-order valence-electron chi connectivity index (χ1n) is 6.26. The number of pyridine rings is 1. The normalized spacial score (nSPS) is 11.3. The zero-order valence-electron chi connectivity index (χ0n) is 10.8. The molecule has 3 rings (SSSR count). The van der Waals surface area contributed by atoms with Crippen molar-refractivity contribution in [1.29, 1.82) is 0 Å². The monoisotopic (exact) mass is 289 g/mol. The largest absolute Gasteiger partial charge is 0.422 e. The standard InChI is InChI=1S/C15H12ClNO3/c1-8-9(6-7-16)15(19)20-13-10-4-2-3-5-11(10)17-14(18)12(8)13/h2-5H,6-7H2,1H3,(H,17,18). The molecular formula is C15H12ClNO3. The lowest BCUT2D eigenvalue weighted by molar-refractivity contribution is 0.552. The molecule has 0 amide bonds. The van der Waals surface area contributed by atoms with E-state index in [1.807, 2.05) is 18.2 Å². The molecule has 0 unspecified atom stereocenters. The van der Waals surface area contributed by atoms with Gasteiger partial charge >= 0.3 is 5.63 Å². The van der Waals surface area contributed by atoms with Crippen molar-refractivity contribution in [2.45, 2.75) is 13.3 Å². The maximum Gasteiger partial charge on any atom is 0.339 e. The van der Waals surface area contributed by atoms with Gasteiger partial charge in [-0.05, 0) is 31.0 Å². The zero-order valence-corrected chi connectivity index (χ0v) is 11.6. The Kier molecular flexibility index (Phi) is 3.10. The summed E-state index contributed by atoms with van der Waals surface area (Å²) < 4.78 is 5.39. The van der Waals surface area contributed by atoms with E-state index in [0.29, 0.717) is 39.9 Å². The van der Waals surface area contributed by atoms with Gasteiger partial charge in [-0.3, -0.25) is 4.79 Å². The van der Waals surface area contributed by atoms with E-state index in [0.717, 1.165) is 5.39 Å². The lowest BCUT2D eigenvalue weighted by Crippen LogP contribution is -2.16. The van der Waals surface area contributed by atoms with Crippen LogP contribution in [0.3, 0.4) is 0 Å². The molecule has 102 valence electrons. The van der Waals surface area contributed by atoms with Crippen LogP contribution in [-0.4, -0.2) is 10.9 Å². The van der Waals surface area contributed by atoms with Crippen LogP contribution in [0.1, 0.15) is 11.1 Å². The number of para-hydroxylation sites is 1. The van der Waals surface area contributed by atoms with E-state index in [4.69, 9.17) is 16.0 Å². The van der Waals surface area contributed by atoms with Crippen molar-refractivity contribution >= 4 is 33.5 Å². The van der Waals surface area contributed by atoms with E-state index >= 15 is 0 Å². The summed E-state index contributed by atoms with van der Waals surface area (Å²) in [4.78, 5) is 27.1. The van der Waals surface area contributed by atoms with Crippen LogP contribution in [0.4, 0.5) is 0 Å². The lowest BCUT2D eigenvalue weighted by atomic mass is 10.0. The van der Waals surface area contributed by atoms with E-state index < -0.39 is 5.63 Å². The van der Waals surface area contributed by atoms with Gasteiger partial charge in [0.15, 0.2) is 5.58 Å². The Labute approximate surface area is 119 Å². The number of halogens is 1. The number of aromatic amines is 1. The second-order valence-corrected chi connectivity index (χ2v) is 5.01. The van der Waals surface area contributed by atoms with Gasteiger partial charge in [-0.2, -0.15) is 0 Å². The number of fused-ring (bicyclic) bond motifs is 3. The van der Waals surface area contributed by atoms with Crippen LogP contribution in [0.5, 0.6) is 0 Å². The van der Waals surface area contributed by atoms with Crippen LogP contribution in [-0.2, 0) is 6.42 Å². The predicted octanol–water partition coefficient (Wildman–Crippen LogP) is 2.72. The van der Waals surface area contributed by atoms with E-state index in [2.05, 4.69) is 4.98 Å². The summed E-state index contributed by atoms with van der Waals surface area (Å²) in [5, 5.41) is 1.14. The molecule has 4 nitrogen and oxygen atoms in total. The number of hydrogen-bond donors (Lipinski definition) is 1. The number of rotatable bonds is 2. The molecule has 2 aromatic heterocycles. The lowest BCUT2D eigenvalue weighted by Gasteiger charge is -2.07. The van der Waals surface area contributed by atoms with Crippen LogP contribution in [0.2, 0.25) is 0 Å². The topological polar surface area (TPSA) is 63.1 Å². The van der Waals surface area contributed by atoms with Gasteiger partial charge in [-0.15, -0.1) is 11.6 Å². The van der Waals surface area contributed by atoms with Crippen LogP contribution < -0.4 is 11.2 Å². The smallest absolute Gasteiger partial charge is 0.339 e. The molecule has 0 aliphatic carbocycles. The Morgan fingerprint density at radius 2 is 2.00 bits per heavy atom. The first-order valence-corrected chi connectivity index (χ1v) is 6.80. The van der Waals surface area contributed by atoms with Gasteiger partial charge in [0, 0.05) is 16.8 Å². The van der Waals surface area contributed by atoms with Crippen molar-refractivity contribution in [2.75, 3.05) is 5.88 Å². The number of aryl methyl sites for hydroxylation is 1. The Hall–Kier alpha value is -2.07. The highest BCUT2D eigenvalue weighted by molar-refractivity contribution is 6.18. The van der Waals surface area contributed by atoms with Gasteiger partial charge in [-0.1, -0.05) is 12.1 Å². The number of aromatic nitrogens is 1. The summed E-state index contributed by atoms with van der Waals surface area (Å²) in [6.45, 7) is 1.76. The van der Waals surface area contributed by atoms with Gasteiger partial charge in [0.1, 0.15) is 0 Å². The van der Waals surface area contributed by atoms with Crippen LogP contribution in [0.25, 0.3) is 21.9 Å².